The minimum Gasteiger partial charge on any atom is -0.409 e. The fourth-order valence-electron chi connectivity index (χ4n) is 2.53. The quantitative estimate of drug-likeness (QED) is 0.306. The third kappa shape index (κ3) is 2.83. The number of amides is 1. The van der Waals surface area contributed by atoms with Crippen LogP contribution in [0.15, 0.2) is 5.16 Å². The highest BCUT2D eigenvalue weighted by Crippen LogP contribution is 2.39. The molecule has 1 aliphatic carbocycles. The summed E-state index contributed by atoms with van der Waals surface area (Å²) in [5, 5.41) is 21.5. The highest BCUT2D eigenvalue weighted by atomic mass is 16.4. The maximum Gasteiger partial charge on any atom is 0.236 e. The van der Waals surface area contributed by atoms with Crippen LogP contribution in [0.5, 0.6) is 0 Å². The van der Waals surface area contributed by atoms with E-state index < -0.39 is 11.0 Å². The third-order valence-corrected chi connectivity index (χ3v) is 4.31. The van der Waals surface area contributed by atoms with E-state index in [1.54, 1.807) is 20.9 Å². The van der Waals surface area contributed by atoms with Crippen molar-refractivity contribution in [3.05, 3.63) is 0 Å². The zero-order valence-electron chi connectivity index (χ0n) is 12.0. The van der Waals surface area contributed by atoms with E-state index in [0.29, 0.717) is 12.8 Å². The predicted molar refractivity (Wildman–Crippen MR) is 72.9 cm³/mol. The molecule has 0 atom stereocenters. The molecule has 19 heavy (non-hydrogen) atoms. The maximum atomic E-state index is 12.8. The molecule has 0 bridgehead atoms. The van der Waals surface area contributed by atoms with E-state index in [0.717, 1.165) is 19.3 Å². The van der Waals surface area contributed by atoms with Crippen LogP contribution in [0, 0.1) is 5.41 Å². The number of carbonyl (C=O) groups excluding carboxylic acids is 1. The van der Waals surface area contributed by atoms with Crippen LogP contribution in [-0.2, 0) is 4.79 Å². The first kappa shape index (κ1) is 15.8. The Morgan fingerprint density at radius 2 is 1.89 bits per heavy atom. The van der Waals surface area contributed by atoms with Crippen molar-refractivity contribution in [2.75, 3.05) is 13.7 Å². The van der Waals surface area contributed by atoms with Crippen LogP contribution in [0.2, 0.25) is 0 Å². The Kier molecular flexibility index (Phi) is 4.79. The molecule has 1 saturated carbocycles. The van der Waals surface area contributed by atoms with Crippen molar-refractivity contribution in [1.82, 2.24) is 4.90 Å². The fourth-order valence-corrected chi connectivity index (χ4v) is 2.53. The second-order valence-corrected chi connectivity index (χ2v) is 5.96. The van der Waals surface area contributed by atoms with Gasteiger partial charge in [0.2, 0.25) is 5.91 Å². The summed E-state index contributed by atoms with van der Waals surface area (Å²) >= 11 is 0. The maximum absolute atomic E-state index is 12.8. The van der Waals surface area contributed by atoms with E-state index in [1.807, 2.05) is 0 Å². The van der Waals surface area contributed by atoms with Gasteiger partial charge in [-0.25, -0.2) is 0 Å². The standard InChI is InChI=1S/C13H25N3O3/c1-12(2,9-17)16(3)11(18)13(10(14)15-19)7-5-4-6-8-13/h17,19H,4-9H2,1-3H3,(H2,14,15). The van der Waals surface area contributed by atoms with Crippen molar-refractivity contribution in [1.29, 1.82) is 0 Å². The fraction of sp³-hybridized carbons (Fsp3) is 0.846. The molecule has 1 amide bonds. The lowest BCUT2D eigenvalue weighted by molar-refractivity contribution is -0.145. The summed E-state index contributed by atoms with van der Waals surface area (Å²) in [7, 11) is 1.65. The zero-order chi connectivity index (χ0) is 14.7. The van der Waals surface area contributed by atoms with Gasteiger partial charge in [-0.1, -0.05) is 24.4 Å². The average molecular weight is 271 g/mol. The largest absolute Gasteiger partial charge is 0.409 e. The van der Waals surface area contributed by atoms with Crippen LogP contribution in [-0.4, -0.2) is 46.1 Å². The Balaban J connectivity index is 3.09. The van der Waals surface area contributed by atoms with Crippen LogP contribution in [0.1, 0.15) is 46.0 Å². The van der Waals surface area contributed by atoms with Gasteiger partial charge < -0.3 is 20.9 Å². The van der Waals surface area contributed by atoms with Crippen molar-refractivity contribution in [3.8, 4) is 0 Å². The summed E-state index contributed by atoms with van der Waals surface area (Å²) in [5.74, 6) is -0.195. The molecule has 0 aromatic carbocycles. The van der Waals surface area contributed by atoms with Gasteiger partial charge in [0.25, 0.3) is 0 Å². The van der Waals surface area contributed by atoms with E-state index in [9.17, 15) is 9.90 Å². The number of hydrogen-bond acceptors (Lipinski definition) is 4. The lowest BCUT2D eigenvalue weighted by Gasteiger charge is -2.42. The van der Waals surface area contributed by atoms with Crippen LogP contribution in [0.4, 0.5) is 0 Å². The first-order valence-corrected chi connectivity index (χ1v) is 6.69. The van der Waals surface area contributed by atoms with Crippen LogP contribution in [0.3, 0.4) is 0 Å². The molecule has 0 radical (unpaired) electrons. The normalized spacial score (nSPS) is 20.1. The third-order valence-electron chi connectivity index (χ3n) is 4.31. The second kappa shape index (κ2) is 5.77. The van der Waals surface area contributed by atoms with Gasteiger partial charge in [-0.3, -0.25) is 4.79 Å². The Bertz CT molecular complexity index is 360. The summed E-state index contributed by atoms with van der Waals surface area (Å²) in [6.07, 6.45) is 4.01. The number of rotatable bonds is 4. The molecule has 0 unspecified atom stereocenters. The molecule has 0 aromatic rings. The van der Waals surface area contributed by atoms with Crippen molar-refractivity contribution in [3.63, 3.8) is 0 Å². The second-order valence-electron chi connectivity index (χ2n) is 5.96. The smallest absolute Gasteiger partial charge is 0.236 e. The molecular weight excluding hydrogens is 246 g/mol. The number of likely N-dealkylation sites (N-methyl/N-ethyl adjacent to an activating group) is 1. The van der Waals surface area contributed by atoms with Gasteiger partial charge in [-0.2, -0.15) is 0 Å². The van der Waals surface area contributed by atoms with E-state index in [1.165, 1.54) is 4.90 Å². The number of nitrogens with two attached hydrogens (primary N) is 1. The van der Waals surface area contributed by atoms with Gasteiger partial charge in [0.05, 0.1) is 12.1 Å². The summed E-state index contributed by atoms with van der Waals surface area (Å²) in [6.45, 7) is 3.43. The Morgan fingerprint density at radius 3 is 2.32 bits per heavy atom. The molecular formula is C13H25N3O3. The number of aliphatic hydroxyl groups excluding tert-OH is 1. The van der Waals surface area contributed by atoms with Gasteiger partial charge >= 0.3 is 0 Å². The van der Waals surface area contributed by atoms with Gasteiger partial charge in [0.1, 0.15) is 5.41 Å². The zero-order valence-corrected chi connectivity index (χ0v) is 12.0. The van der Waals surface area contributed by atoms with Gasteiger partial charge in [0, 0.05) is 7.05 Å². The van der Waals surface area contributed by atoms with E-state index >= 15 is 0 Å². The van der Waals surface area contributed by atoms with E-state index in [4.69, 9.17) is 10.9 Å². The van der Waals surface area contributed by atoms with Crippen molar-refractivity contribution < 1.29 is 15.1 Å². The molecule has 0 saturated heterocycles. The highest BCUT2D eigenvalue weighted by molar-refractivity contribution is 6.07. The monoisotopic (exact) mass is 271 g/mol. The predicted octanol–water partition coefficient (Wildman–Crippen LogP) is 0.913. The molecule has 0 heterocycles. The van der Waals surface area contributed by atoms with Crippen LogP contribution >= 0.6 is 0 Å². The van der Waals surface area contributed by atoms with E-state index in [-0.39, 0.29) is 18.3 Å². The van der Waals surface area contributed by atoms with Crippen molar-refractivity contribution in [2.45, 2.75) is 51.5 Å². The molecule has 0 spiro atoms. The SMILES string of the molecule is CN(C(=O)C1(C(N)=NO)CCCCC1)C(C)(C)CO. The molecule has 0 aromatic heterocycles. The summed E-state index contributed by atoms with van der Waals surface area (Å²) in [6, 6.07) is 0. The van der Waals surface area contributed by atoms with Gasteiger partial charge in [-0.05, 0) is 26.7 Å². The first-order chi connectivity index (χ1) is 8.81. The molecule has 0 aliphatic heterocycles. The van der Waals surface area contributed by atoms with E-state index in [2.05, 4.69) is 5.16 Å². The number of nitrogens with zero attached hydrogens (tertiary/aromatic N) is 2. The lowest BCUT2D eigenvalue weighted by Crippen LogP contribution is -2.57. The first-order valence-electron chi connectivity index (χ1n) is 6.69. The number of aliphatic hydroxyl groups is 1. The molecule has 1 aliphatic rings. The minimum atomic E-state index is -0.922. The Labute approximate surface area is 114 Å². The summed E-state index contributed by atoms with van der Waals surface area (Å²) in [4.78, 5) is 14.3. The Morgan fingerprint density at radius 1 is 1.37 bits per heavy atom. The van der Waals surface area contributed by atoms with Gasteiger partial charge in [0.15, 0.2) is 5.84 Å². The number of carbonyl (C=O) groups is 1. The van der Waals surface area contributed by atoms with Crippen LogP contribution < -0.4 is 5.73 Å². The topological polar surface area (TPSA) is 99.2 Å². The molecule has 6 nitrogen and oxygen atoms in total. The van der Waals surface area contributed by atoms with Crippen molar-refractivity contribution >= 4 is 11.7 Å². The lowest BCUT2D eigenvalue weighted by atomic mass is 9.71. The number of amidine groups is 1. The molecule has 1 fully saturated rings. The molecule has 4 N–H and O–H groups in total. The molecule has 6 heteroatoms. The summed E-state index contributed by atoms with van der Waals surface area (Å²) in [5.41, 5.74) is 4.20. The number of oxime groups is 1. The van der Waals surface area contributed by atoms with Crippen molar-refractivity contribution in [2.24, 2.45) is 16.3 Å². The molecule has 110 valence electrons. The Hall–Kier alpha value is -1.30. The average Bonchev–Trinajstić information content (AvgIpc) is 2.45. The summed E-state index contributed by atoms with van der Waals surface area (Å²) < 4.78 is 0. The number of hydrogen-bond donors (Lipinski definition) is 3. The van der Waals surface area contributed by atoms with Gasteiger partial charge in [-0.15, -0.1) is 0 Å². The highest BCUT2D eigenvalue weighted by Gasteiger charge is 2.47. The minimum absolute atomic E-state index is 0.0159. The van der Waals surface area contributed by atoms with Crippen LogP contribution in [0.25, 0.3) is 0 Å². The molecule has 1 rings (SSSR count).